The third kappa shape index (κ3) is 6.09. The standard InChI is InChI=1S/C16H16N2O2.Co.H2O/c19-15-7-3-1-5-13(15)11-17-9-10-18-12-14-6-2-4-8-16(14)20;;/h1-8,11-12,17-18H,9-10H2;;1H2/b13-11+,14-12+;;. The van der Waals surface area contributed by atoms with Crippen LogP contribution in [0.25, 0.3) is 0 Å². The predicted molar refractivity (Wildman–Crippen MR) is 82.4 cm³/mol. The van der Waals surface area contributed by atoms with Crippen LogP contribution in [0.1, 0.15) is 0 Å². The van der Waals surface area contributed by atoms with Gasteiger partial charge in [-0.05, 0) is 24.3 Å². The Bertz CT molecular complexity index is 532. The van der Waals surface area contributed by atoms with Gasteiger partial charge in [-0.2, -0.15) is 0 Å². The van der Waals surface area contributed by atoms with Crippen molar-refractivity contribution < 1.29 is 31.8 Å². The van der Waals surface area contributed by atoms with Gasteiger partial charge in [-0.15, -0.1) is 0 Å². The number of hydrogen-bond acceptors (Lipinski definition) is 4. The zero-order valence-corrected chi connectivity index (χ0v) is 12.9. The Balaban J connectivity index is 0.00000220. The molecule has 1 radical (unpaired) electrons. The van der Waals surface area contributed by atoms with Gasteiger partial charge in [-0.25, -0.2) is 0 Å². The van der Waals surface area contributed by atoms with E-state index >= 15 is 0 Å². The summed E-state index contributed by atoms with van der Waals surface area (Å²) in [6.45, 7) is 1.32. The second kappa shape index (κ2) is 10.6. The van der Waals surface area contributed by atoms with Gasteiger partial charge in [0.25, 0.3) is 0 Å². The van der Waals surface area contributed by atoms with Crippen LogP contribution in [0.15, 0.2) is 72.2 Å². The normalized spacial score (nSPS) is 19.1. The maximum atomic E-state index is 11.4. The Morgan fingerprint density at radius 3 is 1.45 bits per heavy atom. The van der Waals surface area contributed by atoms with E-state index in [-0.39, 0.29) is 33.8 Å². The molecule has 5 nitrogen and oxygen atoms in total. The van der Waals surface area contributed by atoms with Gasteiger partial charge in [0.2, 0.25) is 0 Å². The average Bonchev–Trinajstić information content (AvgIpc) is 2.46. The van der Waals surface area contributed by atoms with Crippen molar-refractivity contribution in [2.45, 2.75) is 0 Å². The Labute approximate surface area is 139 Å². The summed E-state index contributed by atoms with van der Waals surface area (Å²) in [7, 11) is 0. The van der Waals surface area contributed by atoms with Crippen LogP contribution in [0.3, 0.4) is 0 Å². The van der Waals surface area contributed by atoms with Crippen LogP contribution in [0.5, 0.6) is 0 Å². The van der Waals surface area contributed by atoms with E-state index in [2.05, 4.69) is 10.6 Å². The molecular weight excluding hydrogens is 327 g/mol. The van der Waals surface area contributed by atoms with Gasteiger partial charge in [-0.3, -0.25) is 9.59 Å². The molecule has 0 aromatic carbocycles. The summed E-state index contributed by atoms with van der Waals surface area (Å²) >= 11 is 0. The summed E-state index contributed by atoms with van der Waals surface area (Å²) < 4.78 is 0. The third-order valence-electron chi connectivity index (χ3n) is 2.77. The number of hydrogen-bond donors (Lipinski definition) is 2. The number of carbonyl (C=O) groups excluding carboxylic acids is 2. The molecule has 0 saturated carbocycles. The molecule has 2 rings (SSSR count). The summed E-state index contributed by atoms with van der Waals surface area (Å²) in [4.78, 5) is 22.9. The van der Waals surface area contributed by atoms with Gasteiger partial charge in [-0.1, -0.05) is 24.3 Å². The first kappa shape index (κ1) is 19.8. The second-order valence-electron chi connectivity index (χ2n) is 4.27. The monoisotopic (exact) mass is 345 g/mol. The van der Waals surface area contributed by atoms with Crippen LogP contribution < -0.4 is 10.6 Å². The van der Waals surface area contributed by atoms with Gasteiger partial charge in [0, 0.05) is 53.4 Å². The molecule has 4 N–H and O–H groups in total. The predicted octanol–water partition coefficient (Wildman–Crippen LogP) is 0.496. The van der Waals surface area contributed by atoms with E-state index in [4.69, 9.17) is 0 Å². The molecule has 0 bridgehead atoms. The number of nitrogens with one attached hydrogen (secondary N) is 2. The van der Waals surface area contributed by atoms with Gasteiger partial charge in [0.15, 0.2) is 11.6 Å². The van der Waals surface area contributed by atoms with Crippen LogP contribution in [0, 0.1) is 0 Å². The summed E-state index contributed by atoms with van der Waals surface area (Å²) in [5, 5.41) is 6.12. The molecule has 0 atom stereocenters. The van der Waals surface area contributed by atoms with E-state index in [9.17, 15) is 9.59 Å². The molecule has 0 aromatic rings. The minimum Gasteiger partial charge on any atom is -0.412 e. The Kier molecular flexibility index (Phi) is 9.52. The van der Waals surface area contributed by atoms with E-state index in [1.807, 2.05) is 12.2 Å². The Hall–Kier alpha value is -2.15. The first-order chi connectivity index (χ1) is 9.77. The molecule has 0 aromatic heterocycles. The van der Waals surface area contributed by atoms with E-state index in [1.165, 1.54) is 12.2 Å². The van der Waals surface area contributed by atoms with Gasteiger partial charge >= 0.3 is 0 Å². The summed E-state index contributed by atoms with van der Waals surface area (Å²) in [6.07, 6.45) is 17.1. The van der Waals surface area contributed by atoms with E-state index in [0.29, 0.717) is 24.2 Å². The Morgan fingerprint density at radius 1 is 0.727 bits per heavy atom. The van der Waals surface area contributed by atoms with Crippen molar-refractivity contribution in [3.05, 3.63) is 72.2 Å². The fourth-order valence-corrected chi connectivity index (χ4v) is 1.71. The first-order valence-electron chi connectivity index (χ1n) is 6.42. The van der Waals surface area contributed by atoms with Crippen LogP contribution in [0.4, 0.5) is 0 Å². The minimum atomic E-state index is -0.000182. The van der Waals surface area contributed by atoms with Crippen molar-refractivity contribution in [2.24, 2.45) is 0 Å². The molecule has 0 amide bonds. The van der Waals surface area contributed by atoms with Gasteiger partial charge in [0.05, 0.1) is 0 Å². The molecule has 0 unspecified atom stereocenters. The van der Waals surface area contributed by atoms with Crippen molar-refractivity contribution in [3.63, 3.8) is 0 Å². The summed E-state index contributed by atoms with van der Waals surface area (Å²) in [5.74, 6) is -0.000363. The molecule has 0 heterocycles. The first-order valence-corrected chi connectivity index (χ1v) is 6.42. The molecule has 0 fully saturated rings. The molecule has 0 aliphatic heterocycles. The molecule has 22 heavy (non-hydrogen) atoms. The average molecular weight is 345 g/mol. The zero-order valence-electron chi connectivity index (χ0n) is 11.8. The molecule has 2 aliphatic rings. The van der Waals surface area contributed by atoms with Crippen molar-refractivity contribution in [1.82, 2.24) is 10.6 Å². The van der Waals surface area contributed by atoms with Crippen LogP contribution in [-0.4, -0.2) is 30.1 Å². The molecule has 6 heteroatoms. The number of rotatable bonds is 5. The molecule has 2 aliphatic carbocycles. The largest absolute Gasteiger partial charge is 0.412 e. The summed E-state index contributed by atoms with van der Waals surface area (Å²) in [5.41, 5.74) is 1.28. The molecule has 0 saturated heterocycles. The maximum Gasteiger partial charge on any atom is 0.187 e. The quantitative estimate of drug-likeness (QED) is 0.561. The van der Waals surface area contributed by atoms with E-state index in [0.717, 1.165) is 0 Å². The zero-order chi connectivity index (χ0) is 14.2. The summed E-state index contributed by atoms with van der Waals surface area (Å²) in [6, 6.07) is 0. The topological polar surface area (TPSA) is 89.7 Å². The fraction of sp³-hybridized carbons (Fsp3) is 0.125. The Morgan fingerprint density at radius 2 is 1.09 bits per heavy atom. The van der Waals surface area contributed by atoms with E-state index in [1.54, 1.807) is 36.7 Å². The molecule has 119 valence electrons. The maximum absolute atomic E-state index is 11.4. The van der Waals surface area contributed by atoms with Crippen molar-refractivity contribution in [1.29, 1.82) is 0 Å². The van der Waals surface area contributed by atoms with Gasteiger partial charge < -0.3 is 16.1 Å². The SMILES string of the molecule is O.O=C1C=CC=C/C1=C\NCCN/C=C1\C=CC=CC1=O.[Co]. The fourth-order valence-electron chi connectivity index (χ4n) is 1.71. The van der Waals surface area contributed by atoms with Crippen LogP contribution >= 0.6 is 0 Å². The van der Waals surface area contributed by atoms with Crippen LogP contribution in [0.2, 0.25) is 0 Å². The second-order valence-corrected chi connectivity index (χ2v) is 4.27. The van der Waals surface area contributed by atoms with Crippen molar-refractivity contribution in [3.8, 4) is 0 Å². The van der Waals surface area contributed by atoms with Crippen molar-refractivity contribution in [2.75, 3.05) is 13.1 Å². The number of allylic oxidation sites excluding steroid dienone is 10. The molecule has 0 spiro atoms. The smallest absolute Gasteiger partial charge is 0.187 e. The number of carbonyl (C=O) groups is 2. The van der Waals surface area contributed by atoms with E-state index < -0.39 is 0 Å². The van der Waals surface area contributed by atoms with Crippen LogP contribution in [-0.2, 0) is 26.4 Å². The third-order valence-corrected chi connectivity index (χ3v) is 2.77. The minimum absolute atomic E-state index is 0. The van der Waals surface area contributed by atoms with Crippen molar-refractivity contribution >= 4 is 11.6 Å². The molecular formula is C16H18CoN2O3. The van der Waals surface area contributed by atoms with Gasteiger partial charge in [0.1, 0.15) is 0 Å². The number of ketones is 2.